The van der Waals surface area contributed by atoms with E-state index in [1.165, 1.54) is 81.0 Å². The van der Waals surface area contributed by atoms with Crippen LogP contribution in [0.4, 0.5) is 4.39 Å². The summed E-state index contributed by atoms with van der Waals surface area (Å²) in [5.41, 5.74) is 2.23. The largest absolute Gasteiger partial charge is 0.496 e. The molecule has 0 saturated heterocycles. The maximum absolute atomic E-state index is 16.9. The number of pyridine rings is 4. The van der Waals surface area contributed by atoms with E-state index in [1.54, 1.807) is 111 Å². The first-order valence-corrected chi connectivity index (χ1v) is 39.4. The molecule has 0 aliphatic carbocycles. The Balaban J connectivity index is 0.771. The number of hydrogen-bond donors (Lipinski definition) is 3. The van der Waals surface area contributed by atoms with E-state index in [9.17, 15) is 49.5 Å². The van der Waals surface area contributed by atoms with E-state index in [0.717, 1.165) is 24.3 Å². The Labute approximate surface area is 606 Å². The fraction of sp³-hybridized carbons (Fsp3) is 0.284. The van der Waals surface area contributed by atoms with Crippen LogP contribution < -0.4 is 55.8 Å². The van der Waals surface area contributed by atoms with Crippen molar-refractivity contribution in [2.75, 3.05) is 90.9 Å². The van der Waals surface area contributed by atoms with Crippen LogP contribution in [-0.4, -0.2) is 169 Å². The minimum absolute atomic E-state index is 0.0135. The second-order valence-corrected chi connectivity index (χ2v) is 31.8. The molecular formula is C74H75FN10O18S3. The summed E-state index contributed by atoms with van der Waals surface area (Å²) in [5, 5.41) is 10.2. The number of rotatable bonds is 31. The zero-order valence-corrected chi connectivity index (χ0v) is 61.3. The van der Waals surface area contributed by atoms with Crippen LogP contribution in [0.15, 0.2) is 171 Å². The zero-order valence-electron chi connectivity index (χ0n) is 58.8. The predicted molar refractivity (Wildman–Crippen MR) is 397 cm³/mol. The molecule has 0 amide bonds. The first-order valence-electron chi connectivity index (χ1n) is 33.2. The molecule has 106 heavy (non-hydrogen) atoms. The molecule has 0 fully saturated rings. The quantitative estimate of drug-likeness (QED) is 0.0379. The number of hydrogen-bond acceptors (Lipinski definition) is 21. The van der Waals surface area contributed by atoms with Crippen LogP contribution in [0.25, 0.3) is 61.4 Å². The Bertz CT molecular complexity index is 5970. The molecule has 0 spiro atoms. The molecule has 0 radical (unpaired) electrons. The maximum atomic E-state index is 16.9. The van der Waals surface area contributed by atoms with Gasteiger partial charge in [0, 0.05) is 78.0 Å². The van der Waals surface area contributed by atoms with E-state index in [1.807, 2.05) is 18.2 Å². The lowest BCUT2D eigenvalue weighted by atomic mass is 10.0. The molecule has 12 aromatic rings. The van der Waals surface area contributed by atoms with E-state index in [2.05, 4.69) is 24.9 Å². The monoisotopic (exact) mass is 1510 g/mol. The highest BCUT2D eigenvalue weighted by molar-refractivity contribution is 7.91. The van der Waals surface area contributed by atoms with Crippen LogP contribution >= 0.6 is 0 Å². The number of fused-ring (bicyclic) bond motifs is 3. The summed E-state index contributed by atoms with van der Waals surface area (Å²) in [5.74, 6) is -0.0621. The van der Waals surface area contributed by atoms with Crippen molar-refractivity contribution in [3.8, 4) is 68.2 Å². The third kappa shape index (κ3) is 15.7. The van der Waals surface area contributed by atoms with Gasteiger partial charge in [0.15, 0.2) is 51.4 Å². The van der Waals surface area contributed by atoms with Crippen LogP contribution in [0.1, 0.15) is 52.9 Å². The summed E-state index contributed by atoms with van der Waals surface area (Å²) >= 11 is 0. The highest BCUT2D eigenvalue weighted by atomic mass is 32.2. The maximum Gasteiger partial charge on any atom is 0.331 e. The van der Waals surface area contributed by atoms with Crippen LogP contribution in [0.2, 0.25) is 0 Å². The molecule has 7 aromatic heterocycles. The Morgan fingerprint density at radius 1 is 0.500 bits per heavy atom. The van der Waals surface area contributed by atoms with Crippen LogP contribution in [0.5, 0.6) is 40.2 Å². The van der Waals surface area contributed by atoms with Gasteiger partial charge >= 0.3 is 17.1 Å². The van der Waals surface area contributed by atoms with Crippen LogP contribution in [0.3, 0.4) is 0 Å². The molecule has 0 bridgehead atoms. The number of nitrogens with one attached hydrogen (secondary N) is 2. The van der Waals surface area contributed by atoms with E-state index in [0.29, 0.717) is 50.6 Å². The predicted octanol–water partition coefficient (Wildman–Crippen LogP) is 7.47. The van der Waals surface area contributed by atoms with Crippen molar-refractivity contribution in [1.82, 2.24) is 47.8 Å². The van der Waals surface area contributed by atoms with Crippen LogP contribution in [0, 0.1) is 5.82 Å². The summed E-state index contributed by atoms with van der Waals surface area (Å²) in [6.07, 6.45) is 9.02. The lowest BCUT2D eigenvalue weighted by Gasteiger charge is -2.20. The average molecular weight is 1510 g/mol. The van der Waals surface area contributed by atoms with Gasteiger partial charge in [-0.2, -0.15) is 0 Å². The lowest BCUT2D eigenvalue weighted by molar-refractivity contribution is 0.275. The number of benzene rings is 5. The van der Waals surface area contributed by atoms with Crippen molar-refractivity contribution in [3.63, 3.8) is 0 Å². The number of sulfone groups is 3. The molecule has 0 saturated carbocycles. The topological polar surface area (TPSA) is 350 Å². The van der Waals surface area contributed by atoms with Gasteiger partial charge in [0.25, 0.3) is 5.56 Å². The van der Waals surface area contributed by atoms with E-state index < -0.39 is 99.9 Å². The average Bonchev–Trinajstić information content (AvgIpc) is 1.58. The summed E-state index contributed by atoms with van der Waals surface area (Å²) < 4.78 is 143. The summed E-state index contributed by atoms with van der Waals surface area (Å²) in [4.78, 5) is 76.3. The van der Waals surface area contributed by atoms with E-state index in [-0.39, 0.29) is 113 Å². The first-order chi connectivity index (χ1) is 50.7. The zero-order chi connectivity index (χ0) is 75.5. The van der Waals surface area contributed by atoms with Crippen molar-refractivity contribution in [2.45, 2.75) is 44.4 Å². The molecule has 0 aliphatic rings. The highest BCUT2D eigenvalue weighted by Crippen LogP contribution is 2.39. The number of ether oxygens (including phenoxy) is 7. The molecule has 0 aliphatic heterocycles. The Hall–Kier alpha value is -11.4. The molecule has 7 heterocycles. The van der Waals surface area contributed by atoms with Crippen molar-refractivity contribution >= 4 is 63.0 Å². The van der Waals surface area contributed by atoms with E-state index in [4.69, 9.17) is 33.2 Å². The molecule has 3 unspecified atom stereocenters. The van der Waals surface area contributed by atoms with Gasteiger partial charge in [-0.15, -0.1) is 0 Å². The number of H-pyrrole nitrogens is 2. The molecule has 3 N–H and O–H groups in total. The Morgan fingerprint density at radius 3 is 1.50 bits per heavy atom. The van der Waals surface area contributed by atoms with Crippen LogP contribution in [-0.2, 0) is 48.9 Å². The van der Waals surface area contributed by atoms with Gasteiger partial charge in [0.05, 0.1) is 125 Å². The summed E-state index contributed by atoms with van der Waals surface area (Å²) in [6, 6.07) is 31.0. The summed E-state index contributed by atoms with van der Waals surface area (Å²) in [7, 11) is -5.51. The number of halogens is 1. The number of imidazole rings is 3. The van der Waals surface area contributed by atoms with Gasteiger partial charge in [0.2, 0.25) is 0 Å². The van der Waals surface area contributed by atoms with E-state index >= 15 is 4.39 Å². The van der Waals surface area contributed by atoms with Gasteiger partial charge in [-0.3, -0.25) is 27.6 Å². The molecular weight excluding hydrogens is 1430 g/mol. The fourth-order valence-corrected chi connectivity index (χ4v) is 15.9. The third-order valence-electron chi connectivity index (χ3n) is 17.9. The number of aromatic nitrogens is 10. The number of nitrogens with zero attached hydrogens (tertiary/aromatic N) is 8. The standard InChI is InChI=1S/C74H75FN10O18S3/c1-9-101-64-34-48(21-22-61(64)98-3)59(43-106(8,95)96)85-70-56(82(28-29-86)74(85)90)33-50(39-77-70)53-17-12-14-44(67(53)75)25-30-102-65-35-47(20-23-62(65)99-4)58(42-105(7,93)94)84-69-55(80-73(84)89)37-51(40-78-69)81-27-13-15-45(71(81)87)26-31-103-66-36-46(19-24-63(66)100-5)57(41-104(6,91)92)83-68-54(79-72(83)88)32-49(38-76-68)52-16-10-11-18-60(52)97-2/h10-24,27,32-40,57-59,86H,9,25-26,28-31,41-43H2,1-8H3,(H,79,88)(H,80,89). The number of aliphatic hydroxyl groups excluding tert-OH is 1. The number of aromatic amines is 2. The first kappa shape index (κ1) is 74.4. The van der Waals surface area contributed by atoms with Crippen molar-refractivity contribution < 1.29 is 67.9 Å². The third-order valence-corrected chi connectivity index (χ3v) is 20.7. The Kier molecular flexibility index (Phi) is 21.6. The minimum Gasteiger partial charge on any atom is -0.496 e. The SMILES string of the molecule is CCOc1cc(C(CS(C)(=O)=O)n2c(=O)n(CCO)c3cc(-c4cccc(CCOc5cc(C(CS(C)(=O)=O)n6c(=O)[nH]c7cc(-n8cccc(CCOc9cc(C(CS(C)(=O)=O)n%10c(=O)[nH]c%11cc(-c%12ccccc%12OC)cnc%11%10)ccc9OC)c8=O)cnc76)ccc5OC)c4F)cnc32)ccc1OC. The van der Waals surface area contributed by atoms with Gasteiger partial charge < -0.3 is 48.2 Å². The minimum atomic E-state index is -3.86. The fourth-order valence-electron chi connectivity index (χ4n) is 13.1. The van der Waals surface area contributed by atoms with Gasteiger partial charge in [-0.1, -0.05) is 60.7 Å². The van der Waals surface area contributed by atoms with Gasteiger partial charge in [-0.05, 0) is 95.9 Å². The van der Waals surface area contributed by atoms with Gasteiger partial charge in [-0.25, -0.2) is 59.0 Å². The molecule has 554 valence electrons. The smallest absolute Gasteiger partial charge is 0.331 e. The number of methoxy groups -OCH3 is 4. The number of aliphatic hydroxyl groups is 1. The van der Waals surface area contributed by atoms with Crippen molar-refractivity contribution in [1.29, 1.82) is 0 Å². The highest BCUT2D eigenvalue weighted by Gasteiger charge is 2.31. The second-order valence-electron chi connectivity index (χ2n) is 25.2. The number of para-hydroxylation sites is 1. The van der Waals surface area contributed by atoms with Crippen molar-refractivity contribution in [3.05, 3.63) is 228 Å². The van der Waals surface area contributed by atoms with Crippen molar-refractivity contribution in [2.24, 2.45) is 0 Å². The molecule has 5 aromatic carbocycles. The molecule has 3 atom stereocenters. The molecule has 32 heteroatoms. The molecule has 12 rings (SSSR count). The normalized spacial score (nSPS) is 12.9. The Morgan fingerprint density at radius 2 is 0.972 bits per heavy atom. The second kappa shape index (κ2) is 30.8. The lowest BCUT2D eigenvalue weighted by Crippen LogP contribution is -2.32. The summed E-state index contributed by atoms with van der Waals surface area (Å²) in [6.45, 7) is 1.17. The molecule has 28 nitrogen and oxygen atoms in total. The van der Waals surface area contributed by atoms with Gasteiger partial charge in [0.1, 0.15) is 41.1 Å².